The lowest BCUT2D eigenvalue weighted by molar-refractivity contribution is -0.119. The predicted molar refractivity (Wildman–Crippen MR) is 123 cm³/mol. The van der Waals surface area contributed by atoms with Crippen molar-refractivity contribution in [2.45, 2.75) is 26.7 Å². The second-order valence-corrected chi connectivity index (χ2v) is 8.61. The maximum atomic E-state index is 13.0. The van der Waals surface area contributed by atoms with Gasteiger partial charge in [0, 0.05) is 28.0 Å². The summed E-state index contributed by atoms with van der Waals surface area (Å²) in [6.45, 7) is 5.96. The number of aromatic nitrogens is 1. The molecule has 2 amide bonds. The lowest BCUT2D eigenvalue weighted by Gasteiger charge is -2.17. The molecule has 0 saturated carbocycles. The summed E-state index contributed by atoms with van der Waals surface area (Å²) in [7, 11) is 0. The molecule has 1 aliphatic heterocycles. The molecule has 0 aliphatic carbocycles. The van der Waals surface area contributed by atoms with Crippen LogP contribution in [0.15, 0.2) is 65.2 Å². The number of hydrogen-bond donors (Lipinski definition) is 2. The zero-order valence-corrected chi connectivity index (χ0v) is 18.4. The Hall–Kier alpha value is -3.45. The van der Waals surface area contributed by atoms with Crippen LogP contribution in [0.3, 0.4) is 0 Å². The van der Waals surface area contributed by atoms with E-state index in [1.165, 1.54) is 4.90 Å². The van der Waals surface area contributed by atoms with Crippen LogP contribution in [0.5, 0.6) is 0 Å². The SMILES string of the molecule is Cc1csc(-c2ccc(N3CC(O)=C(C(=O)Nc4ccccc4C(C)C)C3=O)cc2)n1. The fourth-order valence-electron chi connectivity index (χ4n) is 3.57. The Labute approximate surface area is 184 Å². The Morgan fingerprint density at radius 3 is 2.52 bits per heavy atom. The number of aliphatic hydroxyl groups excluding tert-OH is 1. The molecule has 0 unspecified atom stereocenters. The van der Waals surface area contributed by atoms with Crippen LogP contribution >= 0.6 is 11.3 Å². The average Bonchev–Trinajstić information content (AvgIpc) is 3.31. The van der Waals surface area contributed by atoms with Crippen molar-refractivity contribution in [2.75, 3.05) is 16.8 Å². The number of carbonyl (C=O) groups is 2. The summed E-state index contributed by atoms with van der Waals surface area (Å²) in [5, 5.41) is 16.1. The van der Waals surface area contributed by atoms with Crippen LogP contribution in [-0.4, -0.2) is 28.4 Å². The minimum Gasteiger partial charge on any atom is -0.509 e. The van der Waals surface area contributed by atoms with Crippen molar-refractivity contribution in [1.82, 2.24) is 4.98 Å². The molecule has 4 rings (SSSR count). The topological polar surface area (TPSA) is 82.5 Å². The maximum Gasteiger partial charge on any atom is 0.267 e. The number of nitrogens with zero attached hydrogens (tertiary/aromatic N) is 2. The smallest absolute Gasteiger partial charge is 0.267 e. The zero-order valence-electron chi connectivity index (χ0n) is 17.5. The van der Waals surface area contributed by atoms with Crippen molar-refractivity contribution >= 4 is 34.5 Å². The van der Waals surface area contributed by atoms with E-state index in [0.717, 1.165) is 21.8 Å². The van der Waals surface area contributed by atoms with E-state index in [1.807, 2.05) is 56.5 Å². The molecular formula is C24H23N3O3S. The molecule has 2 heterocycles. The lowest BCUT2D eigenvalue weighted by atomic mass is 10.0. The molecule has 0 saturated heterocycles. The molecule has 7 heteroatoms. The first kappa shape index (κ1) is 20.8. The van der Waals surface area contributed by atoms with Crippen LogP contribution in [0.25, 0.3) is 10.6 Å². The van der Waals surface area contributed by atoms with Crippen molar-refractivity contribution in [2.24, 2.45) is 0 Å². The first-order valence-electron chi connectivity index (χ1n) is 10.0. The molecule has 3 aromatic rings. The van der Waals surface area contributed by atoms with E-state index in [1.54, 1.807) is 29.5 Å². The van der Waals surface area contributed by atoms with Crippen molar-refractivity contribution in [3.8, 4) is 10.6 Å². The molecule has 158 valence electrons. The maximum absolute atomic E-state index is 13.0. The van der Waals surface area contributed by atoms with Gasteiger partial charge in [-0.2, -0.15) is 0 Å². The number of amides is 2. The summed E-state index contributed by atoms with van der Waals surface area (Å²) in [5.41, 5.74) is 3.90. The van der Waals surface area contributed by atoms with Gasteiger partial charge < -0.3 is 15.3 Å². The van der Waals surface area contributed by atoms with E-state index in [9.17, 15) is 14.7 Å². The summed E-state index contributed by atoms with van der Waals surface area (Å²) in [6.07, 6.45) is 0. The Balaban J connectivity index is 1.52. The summed E-state index contributed by atoms with van der Waals surface area (Å²) >= 11 is 1.56. The molecule has 0 spiro atoms. The predicted octanol–water partition coefficient (Wildman–Crippen LogP) is 5.04. The van der Waals surface area contributed by atoms with Crippen LogP contribution in [0.2, 0.25) is 0 Å². The van der Waals surface area contributed by atoms with Gasteiger partial charge in [0.25, 0.3) is 11.8 Å². The van der Waals surface area contributed by atoms with E-state index >= 15 is 0 Å². The minimum absolute atomic E-state index is 0.0386. The summed E-state index contributed by atoms with van der Waals surface area (Å²) < 4.78 is 0. The normalized spacial score (nSPS) is 13.9. The fraction of sp³-hybridized carbons (Fsp3) is 0.208. The van der Waals surface area contributed by atoms with Crippen molar-refractivity contribution in [1.29, 1.82) is 0 Å². The van der Waals surface area contributed by atoms with Gasteiger partial charge in [0.05, 0.1) is 6.54 Å². The highest BCUT2D eigenvalue weighted by Gasteiger charge is 2.36. The zero-order chi connectivity index (χ0) is 22.1. The number of thiazole rings is 1. The molecule has 6 nitrogen and oxygen atoms in total. The second-order valence-electron chi connectivity index (χ2n) is 7.75. The quantitative estimate of drug-likeness (QED) is 0.552. The van der Waals surface area contributed by atoms with E-state index in [4.69, 9.17) is 0 Å². The summed E-state index contributed by atoms with van der Waals surface area (Å²) in [6, 6.07) is 14.8. The number of rotatable bonds is 5. The van der Waals surface area contributed by atoms with Gasteiger partial charge >= 0.3 is 0 Å². The van der Waals surface area contributed by atoms with Crippen molar-refractivity contribution < 1.29 is 14.7 Å². The van der Waals surface area contributed by atoms with Crippen LogP contribution in [0.1, 0.15) is 31.0 Å². The van der Waals surface area contributed by atoms with Gasteiger partial charge in [0.2, 0.25) is 0 Å². The summed E-state index contributed by atoms with van der Waals surface area (Å²) in [5.74, 6) is -1.15. The largest absolute Gasteiger partial charge is 0.509 e. The second kappa shape index (κ2) is 8.35. The Bertz CT molecular complexity index is 1180. The number of aryl methyl sites for hydroxylation is 1. The molecule has 0 atom stereocenters. The number of hydrogen-bond acceptors (Lipinski definition) is 5. The number of carbonyl (C=O) groups excluding carboxylic acids is 2. The number of benzene rings is 2. The molecule has 0 radical (unpaired) electrons. The third-order valence-corrected chi connectivity index (χ3v) is 6.17. The summed E-state index contributed by atoms with van der Waals surface area (Å²) in [4.78, 5) is 31.7. The molecule has 0 fully saturated rings. The monoisotopic (exact) mass is 433 g/mol. The lowest BCUT2D eigenvalue weighted by Crippen LogP contribution is -2.30. The number of para-hydroxylation sites is 1. The third-order valence-electron chi connectivity index (χ3n) is 5.16. The Kier molecular flexibility index (Phi) is 5.61. The van der Waals surface area contributed by atoms with Gasteiger partial charge in [-0.15, -0.1) is 11.3 Å². The molecule has 1 aliphatic rings. The van der Waals surface area contributed by atoms with Gasteiger partial charge in [-0.1, -0.05) is 32.0 Å². The van der Waals surface area contributed by atoms with E-state index < -0.39 is 11.8 Å². The van der Waals surface area contributed by atoms with Crippen molar-refractivity contribution in [3.05, 3.63) is 76.5 Å². The van der Waals surface area contributed by atoms with E-state index in [0.29, 0.717) is 11.4 Å². The van der Waals surface area contributed by atoms with Crippen LogP contribution in [-0.2, 0) is 9.59 Å². The number of aliphatic hydroxyl groups is 1. The Morgan fingerprint density at radius 2 is 1.87 bits per heavy atom. The van der Waals surface area contributed by atoms with Crippen LogP contribution in [0, 0.1) is 6.92 Å². The van der Waals surface area contributed by atoms with E-state index in [2.05, 4.69) is 10.3 Å². The molecule has 2 N–H and O–H groups in total. The first-order valence-corrected chi connectivity index (χ1v) is 10.9. The first-order chi connectivity index (χ1) is 14.8. The van der Waals surface area contributed by atoms with Crippen LogP contribution in [0.4, 0.5) is 11.4 Å². The van der Waals surface area contributed by atoms with Gasteiger partial charge in [-0.05, 0) is 48.7 Å². The van der Waals surface area contributed by atoms with Crippen LogP contribution < -0.4 is 10.2 Å². The number of nitrogens with one attached hydrogen (secondary N) is 1. The highest BCUT2D eigenvalue weighted by molar-refractivity contribution is 7.13. The van der Waals surface area contributed by atoms with E-state index in [-0.39, 0.29) is 23.8 Å². The van der Waals surface area contributed by atoms with Crippen molar-refractivity contribution in [3.63, 3.8) is 0 Å². The highest BCUT2D eigenvalue weighted by atomic mass is 32.1. The Morgan fingerprint density at radius 1 is 1.16 bits per heavy atom. The minimum atomic E-state index is -0.604. The third kappa shape index (κ3) is 4.09. The highest BCUT2D eigenvalue weighted by Crippen LogP contribution is 2.30. The van der Waals surface area contributed by atoms with Gasteiger partial charge in [0.1, 0.15) is 16.3 Å². The van der Waals surface area contributed by atoms with Gasteiger partial charge in [0.15, 0.2) is 0 Å². The molecule has 31 heavy (non-hydrogen) atoms. The molecule has 1 aromatic heterocycles. The fourth-order valence-corrected chi connectivity index (χ4v) is 4.37. The van der Waals surface area contributed by atoms with Gasteiger partial charge in [-0.3, -0.25) is 9.59 Å². The average molecular weight is 434 g/mol. The molecule has 2 aromatic carbocycles. The number of anilines is 2. The molecule has 0 bridgehead atoms. The standard InChI is InChI=1S/C24H23N3O3S/c1-14(2)18-6-4-5-7-19(18)26-22(29)21-20(28)12-27(24(21)30)17-10-8-16(9-11-17)23-25-15(3)13-31-23/h4-11,13-14,28H,12H2,1-3H3,(H,26,29). The van der Waals surface area contributed by atoms with Gasteiger partial charge in [-0.25, -0.2) is 4.98 Å². The molecular weight excluding hydrogens is 410 g/mol.